The topological polar surface area (TPSA) is 0 Å². The van der Waals surface area contributed by atoms with Crippen LogP contribution in [0.25, 0.3) is 0 Å². The second-order valence-electron chi connectivity index (χ2n) is 3.21. The van der Waals surface area contributed by atoms with Crippen LogP contribution in [0.2, 0.25) is 0 Å². The summed E-state index contributed by atoms with van der Waals surface area (Å²) in [5, 5.41) is 0. The highest BCUT2D eigenvalue weighted by atomic mass is 14.3. The summed E-state index contributed by atoms with van der Waals surface area (Å²) >= 11 is 0. The lowest BCUT2D eigenvalue weighted by Gasteiger charge is -2.16. The molecule has 0 amide bonds. The second kappa shape index (κ2) is 1.37. The van der Waals surface area contributed by atoms with Crippen LogP contribution in [0.1, 0.15) is 26.2 Å². The summed E-state index contributed by atoms with van der Waals surface area (Å²) < 4.78 is 0. The van der Waals surface area contributed by atoms with E-state index in [1.54, 1.807) is 5.57 Å². The van der Waals surface area contributed by atoms with Crippen molar-refractivity contribution in [2.24, 2.45) is 11.8 Å². The van der Waals surface area contributed by atoms with Crippen molar-refractivity contribution in [1.82, 2.24) is 0 Å². The average Bonchev–Trinajstić information content (AvgIpc) is 2.23. The molecule has 0 N–H and O–H groups in total. The van der Waals surface area contributed by atoms with E-state index in [9.17, 15) is 0 Å². The average molecular weight is 108 g/mol. The Hall–Kier alpha value is -0.260. The van der Waals surface area contributed by atoms with Crippen molar-refractivity contribution in [2.45, 2.75) is 26.2 Å². The summed E-state index contributed by atoms with van der Waals surface area (Å²) in [5.74, 6) is 1.96. The van der Waals surface area contributed by atoms with Crippen LogP contribution in [-0.4, -0.2) is 0 Å². The van der Waals surface area contributed by atoms with Crippen molar-refractivity contribution in [3.05, 3.63) is 11.6 Å². The quantitative estimate of drug-likeness (QED) is 0.418. The first kappa shape index (κ1) is 4.60. The van der Waals surface area contributed by atoms with Gasteiger partial charge in [0.1, 0.15) is 0 Å². The monoisotopic (exact) mass is 108 g/mol. The van der Waals surface area contributed by atoms with Crippen molar-refractivity contribution in [3.8, 4) is 0 Å². The normalized spacial score (nSPS) is 42.9. The smallest absolute Gasteiger partial charge is 0.0199 e. The zero-order valence-electron chi connectivity index (χ0n) is 5.35. The summed E-state index contributed by atoms with van der Waals surface area (Å²) in [4.78, 5) is 0. The van der Waals surface area contributed by atoms with Crippen LogP contribution in [-0.2, 0) is 0 Å². The highest BCUT2D eigenvalue weighted by Crippen LogP contribution is 2.42. The minimum absolute atomic E-state index is 0.977. The Kier molecular flexibility index (Phi) is 0.787. The minimum atomic E-state index is 0.977. The van der Waals surface area contributed by atoms with Gasteiger partial charge in [-0.15, -0.1) is 0 Å². The summed E-state index contributed by atoms with van der Waals surface area (Å²) in [7, 11) is 0. The SMILES string of the molecule is CC1CC2=CC1CC2. The molecular weight excluding hydrogens is 96.1 g/mol. The van der Waals surface area contributed by atoms with E-state index >= 15 is 0 Å². The van der Waals surface area contributed by atoms with Crippen molar-refractivity contribution in [1.29, 1.82) is 0 Å². The van der Waals surface area contributed by atoms with Gasteiger partial charge in [0.15, 0.2) is 0 Å². The van der Waals surface area contributed by atoms with Crippen molar-refractivity contribution >= 4 is 0 Å². The largest absolute Gasteiger partial charge is 0.0819 e. The van der Waals surface area contributed by atoms with Crippen molar-refractivity contribution < 1.29 is 0 Å². The lowest BCUT2D eigenvalue weighted by Crippen LogP contribution is -2.05. The van der Waals surface area contributed by atoms with Crippen LogP contribution in [0.3, 0.4) is 0 Å². The predicted molar refractivity (Wildman–Crippen MR) is 34.6 cm³/mol. The van der Waals surface area contributed by atoms with E-state index in [0.717, 1.165) is 11.8 Å². The third-order valence-electron chi connectivity index (χ3n) is 2.56. The molecule has 0 saturated heterocycles. The molecule has 0 aromatic heterocycles. The third-order valence-corrected chi connectivity index (χ3v) is 2.56. The molecule has 0 fully saturated rings. The Morgan fingerprint density at radius 1 is 1.62 bits per heavy atom. The molecule has 0 heterocycles. The molecule has 0 spiro atoms. The molecule has 2 bridgehead atoms. The summed E-state index contributed by atoms with van der Waals surface area (Å²) in [6.45, 7) is 2.37. The third kappa shape index (κ3) is 0.460. The van der Waals surface area contributed by atoms with E-state index in [1.807, 2.05) is 0 Å². The number of hydrogen-bond acceptors (Lipinski definition) is 0. The van der Waals surface area contributed by atoms with Gasteiger partial charge < -0.3 is 0 Å². The Morgan fingerprint density at radius 2 is 2.50 bits per heavy atom. The van der Waals surface area contributed by atoms with Crippen LogP contribution in [0.4, 0.5) is 0 Å². The molecule has 2 unspecified atom stereocenters. The minimum Gasteiger partial charge on any atom is -0.0819 e. The fourth-order valence-electron chi connectivity index (χ4n) is 2.01. The van der Waals surface area contributed by atoms with Gasteiger partial charge in [-0.2, -0.15) is 0 Å². The number of hydrogen-bond donors (Lipinski definition) is 0. The Bertz CT molecular complexity index is 133. The fourth-order valence-corrected chi connectivity index (χ4v) is 2.01. The van der Waals surface area contributed by atoms with Gasteiger partial charge in [-0.1, -0.05) is 18.6 Å². The molecule has 0 aromatic carbocycles. The first-order chi connectivity index (χ1) is 3.86. The van der Waals surface area contributed by atoms with E-state index in [0.29, 0.717) is 0 Å². The zero-order valence-corrected chi connectivity index (χ0v) is 5.35. The molecule has 0 nitrogen and oxygen atoms in total. The molecule has 2 atom stereocenters. The summed E-state index contributed by atoms with van der Waals surface area (Å²) in [5.41, 5.74) is 1.74. The molecule has 0 heteroatoms. The molecule has 2 aliphatic carbocycles. The Labute approximate surface area is 50.6 Å². The van der Waals surface area contributed by atoms with Gasteiger partial charge in [0.05, 0.1) is 0 Å². The standard InChI is InChI=1S/C8H12/c1-6-4-7-2-3-8(6)5-7/h5-6,8H,2-4H2,1H3. The van der Waals surface area contributed by atoms with Crippen molar-refractivity contribution in [2.75, 3.05) is 0 Å². The van der Waals surface area contributed by atoms with Gasteiger partial charge in [-0.25, -0.2) is 0 Å². The molecule has 2 aliphatic rings. The first-order valence-electron chi connectivity index (χ1n) is 3.56. The fraction of sp³-hybridized carbons (Fsp3) is 0.750. The highest BCUT2D eigenvalue weighted by Gasteiger charge is 2.28. The van der Waals surface area contributed by atoms with Gasteiger partial charge in [0.25, 0.3) is 0 Å². The van der Waals surface area contributed by atoms with Gasteiger partial charge >= 0.3 is 0 Å². The molecule has 0 saturated carbocycles. The molecule has 2 rings (SSSR count). The van der Waals surface area contributed by atoms with Crippen LogP contribution in [0.15, 0.2) is 11.6 Å². The maximum absolute atomic E-state index is 2.49. The number of rotatable bonds is 0. The predicted octanol–water partition coefficient (Wildman–Crippen LogP) is 2.36. The molecule has 44 valence electrons. The number of allylic oxidation sites excluding steroid dienone is 2. The van der Waals surface area contributed by atoms with Crippen molar-refractivity contribution in [3.63, 3.8) is 0 Å². The van der Waals surface area contributed by atoms with Gasteiger partial charge in [-0.3, -0.25) is 0 Å². The lowest BCUT2D eigenvalue weighted by molar-refractivity contribution is 0.406. The van der Waals surface area contributed by atoms with E-state index in [-0.39, 0.29) is 0 Å². The zero-order chi connectivity index (χ0) is 5.56. The van der Waals surface area contributed by atoms with E-state index in [1.165, 1.54) is 19.3 Å². The lowest BCUT2D eigenvalue weighted by atomic mass is 9.89. The molecular formula is C8H12. The van der Waals surface area contributed by atoms with Gasteiger partial charge in [0.2, 0.25) is 0 Å². The van der Waals surface area contributed by atoms with Crippen LogP contribution in [0, 0.1) is 11.8 Å². The van der Waals surface area contributed by atoms with Gasteiger partial charge in [-0.05, 0) is 31.1 Å². The molecule has 0 aliphatic heterocycles. The van der Waals surface area contributed by atoms with E-state index < -0.39 is 0 Å². The maximum Gasteiger partial charge on any atom is -0.0199 e. The maximum atomic E-state index is 2.49. The first-order valence-corrected chi connectivity index (χ1v) is 3.56. The molecule has 0 aromatic rings. The van der Waals surface area contributed by atoms with Crippen LogP contribution < -0.4 is 0 Å². The second-order valence-corrected chi connectivity index (χ2v) is 3.21. The van der Waals surface area contributed by atoms with Crippen LogP contribution in [0.5, 0.6) is 0 Å². The Morgan fingerprint density at radius 3 is 2.75 bits per heavy atom. The molecule has 0 radical (unpaired) electrons. The van der Waals surface area contributed by atoms with Gasteiger partial charge in [0, 0.05) is 0 Å². The molecule has 8 heavy (non-hydrogen) atoms. The summed E-state index contributed by atoms with van der Waals surface area (Å²) in [6, 6.07) is 0. The van der Waals surface area contributed by atoms with E-state index in [4.69, 9.17) is 0 Å². The summed E-state index contributed by atoms with van der Waals surface area (Å²) in [6.07, 6.45) is 6.76. The highest BCUT2D eigenvalue weighted by molar-refractivity contribution is 5.18. The number of fused-ring (bicyclic) bond motifs is 1. The Balaban J connectivity index is 2.21. The van der Waals surface area contributed by atoms with E-state index in [2.05, 4.69) is 13.0 Å². The van der Waals surface area contributed by atoms with Crippen LogP contribution >= 0.6 is 0 Å².